The van der Waals surface area contributed by atoms with E-state index in [-0.39, 0.29) is 53.7 Å². The number of nitrogens with zero attached hydrogens (tertiary/aromatic N) is 2. The number of fused-ring (bicyclic) bond motifs is 2. The largest absolute Gasteiger partial charge is 0.508 e. The fourth-order valence-electron chi connectivity index (χ4n) is 7.32. The number of hydrogen-bond acceptors (Lipinski definition) is 9. The van der Waals surface area contributed by atoms with Crippen LogP contribution in [-0.2, 0) is 40.3 Å². The predicted molar refractivity (Wildman–Crippen MR) is 213 cm³/mol. The van der Waals surface area contributed by atoms with Gasteiger partial charge in [-0.05, 0) is 84.5 Å². The minimum Gasteiger partial charge on any atom is -0.508 e. The van der Waals surface area contributed by atoms with E-state index in [1.807, 2.05) is 72.8 Å². The van der Waals surface area contributed by atoms with Gasteiger partial charge in [0.15, 0.2) is 11.6 Å². The number of phenolic OH excluding ortho intramolecular Hbond substituents is 2. The molecule has 0 saturated carbocycles. The Morgan fingerprint density at radius 3 is 1.65 bits per heavy atom. The highest BCUT2D eigenvalue weighted by atomic mass is 16.6. The highest BCUT2D eigenvalue weighted by molar-refractivity contribution is 6.13. The zero-order valence-electron chi connectivity index (χ0n) is 31.9. The molecule has 2 saturated heterocycles. The molecule has 2 N–H and O–H groups in total. The number of hydrogen-bond donors (Lipinski definition) is 2. The lowest BCUT2D eigenvalue weighted by atomic mass is 9.93. The number of amides is 2. The van der Waals surface area contributed by atoms with Crippen LogP contribution < -0.4 is 0 Å². The van der Waals surface area contributed by atoms with E-state index in [0.717, 1.165) is 66.2 Å². The van der Waals surface area contributed by atoms with Gasteiger partial charge in [-0.2, -0.15) is 0 Å². The standard InChI is InChI=1S/C23H23NO4.C14H17NO3.C9H8O2/c25-20-7-6-18-13-19(22(26)21(18)14-20)12-16-8-10-24(11-9-16)23(27)28-15-17-4-2-1-3-5-17;16-10-12-6-8-15(9-7-12)14(17)18-11-13-4-2-1-3-5-13;10-7-3-1-6-2-4-9(11)8(6)5-7/h1-7,12,14,16,25H,8-11,13,15H2;1-5,10,12H,6-9,11H2;1,3,5,10H,2,4H2/b19-12+;;. The zero-order chi connectivity index (χ0) is 40.1. The Bertz CT molecular complexity index is 2070. The molecule has 2 amide bonds. The molecule has 296 valence electrons. The van der Waals surface area contributed by atoms with Gasteiger partial charge in [0.05, 0.1) is 0 Å². The van der Waals surface area contributed by atoms with Crippen molar-refractivity contribution in [1.29, 1.82) is 0 Å². The molecule has 2 aliphatic heterocycles. The van der Waals surface area contributed by atoms with Crippen molar-refractivity contribution >= 4 is 30.0 Å². The molecule has 0 unspecified atom stereocenters. The number of Topliss-reactive ketones (excluding diaryl/α,β-unsaturated/α-hetero) is 2. The van der Waals surface area contributed by atoms with Crippen LogP contribution in [-0.4, -0.2) is 76.2 Å². The van der Waals surface area contributed by atoms with Crippen LogP contribution in [0.25, 0.3) is 0 Å². The summed E-state index contributed by atoms with van der Waals surface area (Å²) in [6.07, 6.45) is 7.63. The molecule has 2 heterocycles. The van der Waals surface area contributed by atoms with E-state index < -0.39 is 0 Å². The van der Waals surface area contributed by atoms with E-state index in [9.17, 15) is 29.1 Å². The summed E-state index contributed by atoms with van der Waals surface area (Å²) >= 11 is 0. The molecular formula is C46H48N2O9. The maximum Gasteiger partial charge on any atom is 0.410 e. The molecule has 2 fully saturated rings. The van der Waals surface area contributed by atoms with Crippen molar-refractivity contribution in [3.63, 3.8) is 0 Å². The van der Waals surface area contributed by atoms with Crippen molar-refractivity contribution in [1.82, 2.24) is 9.80 Å². The van der Waals surface area contributed by atoms with Gasteiger partial charge in [-0.15, -0.1) is 0 Å². The summed E-state index contributed by atoms with van der Waals surface area (Å²) in [6, 6.07) is 29.2. The Balaban J connectivity index is 0.000000161. The van der Waals surface area contributed by atoms with Crippen LogP contribution in [0.15, 0.2) is 109 Å². The lowest BCUT2D eigenvalue weighted by molar-refractivity contribution is -0.112. The van der Waals surface area contributed by atoms with E-state index in [2.05, 4.69) is 6.08 Å². The summed E-state index contributed by atoms with van der Waals surface area (Å²) in [4.78, 5) is 61.7. The number of likely N-dealkylation sites (tertiary alicyclic amines) is 2. The second-order valence-electron chi connectivity index (χ2n) is 14.7. The van der Waals surface area contributed by atoms with Crippen molar-refractivity contribution in [2.24, 2.45) is 11.8 Å². The first-order chi connectivity index (χ1) is 27.7. The SMILES string of the molecule is O=C1/C(=C/C2CCN(C(=O)OCc3ccccc3)CC2)Cc2ccc(O)cc21.O=C1CCc2ccc(O)cc21.O=CC1CCN(C(=O)OCc2ccccc2)CC1. The summed E-state index contributed by atoms with van der Waals surface area (Å²) in [6.45, 7) is 3.05. The summed E-state index contributed by atoms with van der Waals surface area (Å²) in [7, 11) is 0. The van der Waals surface area contributed by atoms with Crippen molar-refractivity contribution in [2.75, 3.05) is 26.2 Å². The monoisotopic (exact) mass is 772 g/mol. The highest BCUT2D eigenvalue weighted by Crippen LogP contribution is 2.32. The number of aryl methyl sites for hydroxylation is 1. The van der Waals surface area contributed by atoms with Crippen molar-refractivity contribution in [2.45, 2.75) is 58.2 Å². The number of phenols is 2. The van der Waals surface area contributed by atoms with Crippen LogP contribution in [0.2, 0.25) is 0 Å². The maximum absolute atomic E-state index is 12.6. The van der Waals surface area contributed by atoms with Gasteiger partial charge in [0, 0.05) is 61.6 Å². The van der Waals surface area contributed by atoms with Crippen LogP contribution in [0.4, 0.5) is 9.59 Å². The number of ketones is 2. The average Bonchev–Trinajstić information content (AvgIpc) is 3.77. The van der Waals surface area contributed by atoms with E-state index in [0.29, 0.717) is 56.8 Å². The lowest BCUT2D eigenvalue weighted by Crippen LogP contribution is -2.39. The Labute approximate surface area is 332 Å². The predicted octanol–water partition coefficient (Wildman–Crippen LogP) is 7.86. The molecular weight excluding hydrogens is 725 g/mol. The molecule has 0 aromatic heterocycles. The highest BCUT2D eigenvalue weighted by Gasteiger charge is 2.29. The number of carbonyl (C=O) groups excluding carboxylic acids is 5. The maximum atomic E-state index is 12.6. The summed E-state index contributed by atoms with van der Waals surface area (Å²) < 4.78 is 10.6. The van der Waals surface area contributed by atoms with Crippen LogP contribution in [0.5, 0.6) is 11.5 Å². The number of allylic oxidation sites excluding steroid dienone is 2. The summed E-state index contributed by atoms with van der Waals surface area (Å²) in [5.41, 5.74) is 6.09. The second kappa shape index (κ2) is 19.6. The van der Waals surface area contributed by atoms with Gasteiger partial charge in [-0.1, -0.05) is 78.9 Å². The smallest absolute Gasteiger partial charge is 0.410 e. The molecule has 57 heavy (non-hydrogen) atoms. The fraction of sp³-hybridized carbons (Fsp3) is 0.326. The number of rotatable bonds is 6. The number of aromatic hydroxyl groups is 2. The molecule has 0 atom stereocenters. The molecule has 4 aromatic rings. The first-order valence-electron chi connectivity index (χ1n) is 19.5. The number of aldehydes is 1. The first kappa shape index (κ1) is 40.4. The molecule has 2 aliphatic carbocycles. The second-order valence-corrected chi connectivity index (χ2v) is 14.7. The summed E-state index contributed by atoms with van der Waals surface area (Å²) in [5.74, 6) is 0.837. The van der Waals surface area contributed by atoms with Gasteiger partial charge in [-0.3, -0.25) is 9.59 Å². The number of ether oxygens (including phenoxy) is 2. The summed E-state index contributed by atoms with van der Waals surface area (Å²) in [5, 5.41) is 18.7. The topological polar surface area (TPSA) is 151 Å². The van der Waals surface area contributed by atoms with Gasteiger partial charge in [-0.25, -0.2) is 9.59 Å². The Morgan fingerprint density at radius 1 is 0.632 bits per heavy atom. The van der Waals surface area contributed by atoms with E-state index in [1.54, 1.807) is 34.1 Å². The van der Waals surface area contributed by atoms with Gasteiger partial charge >= 0.3 is 12.2 Å². The molecule has 8 rings (SSSR count). The third kappa shape index (κ3) is 11.2. The molecule has 11 heteroatoms. The quantitative estimate of drug-likeness (QED) is 0.147. The third-order valence-corrected chi connectivity index (χ3v) is 10.7. The normalized spacial score (nSPS) is 17.1. The Kier molecular flexibility index (Phi) is 13.9. The lowest BCUT2D eigenvalue weighted by Gasteiger charge is -2.30. The molecule has 0 spiro atoms. The number of carbonyl (C=O) groups is 5. The van der Waals surface area contributed by atoms with Crippen LogP contribution in [0.3, 0.4) is 0 Å². The molecule has 0 radical (unpaired) electrons. The Morgan fingerprint density at radius 2 is 1.12 bits per heavy atom. The van der Waals surface area contributed by atoms with Crippen LogP contribution in [0.1, 0.15) is 75.1 Å². The molecule has 4 aromatic carbocycles. The Hall–Kier alpha value is -6.23. The van der Waals surface area contributed by atoms with Crippen molar-refractivity contribution in [3.05, 3.63) is 142 Å². The van der Waals surface area contributed by atoms with Crippen molar-refractivity contribution in [3.8, 4) is 11.5 Å². The van der Waals surface area contributed by atoms with Crippen LogP contribution in [0, 0.1) is 11.8 Å². The van der Waals surface area contributed by atoms with Gasteiger partial charge in [0.25, 0.3) is 0 Å². The number of piperidine rings is 2. The van der Waals surface area contributed by atoms with E-state index in [4.69, 9.17) is 14.6 Å². The van der Waals surface area contributed by atoms with Gasteiger partial charge < -0.3 is 34.3 Å². The van der Waals surface area contributed by atoms with Gasteiger partial charge in [0.1, 0.15) is 31.0 Å². The molecule has 11 nitrogen and oxygen atoms in total. The number of benzene rings is 4. The fourth-order valence-corrected chi connectivity index (χ4v) is 7.32. The van der Waals surface area contributed by atoms with E-state index >= 15 is 0 Å². The first-order valence-corrected chi connectivity index (χ1v) is 19.5. The molecule has 4 aliphatic rings. The molecule has 0 bridgehead atoms. The average molecular weight is 773 g/mol. The zero-order valence-corrected chi connectivity index (χ0v) is 31.9. The van der Waals surface area contributed by atoms with Crippen LogP contribution >= 0.6 is 0 Å². The van der Waals surface area contributed by atoms with Crippen molar-refractivity contribution < 1.29 is 43.7 Å². The third-order valence-electron chi connectivity index (χ3n) is 10.7. The van der Waals surface area contributed by atoms with Gasteiger partial charge in [0.2, 0.25) is 0 Å². The van der Waals surface area contributed by atoms with E-state index in [1.165, 1.54) is 0 Å². The minimum absolute atomic E-state index is 0.00982. The minimum atomic E-state index is -0.289.